The van der Waals surface area contributed by atoms with Crippen molar-refractivity contribution in [3.8, 4) is 72.8 Å². The molecular weight excluding hydrogens is 755 g/mol. The van der Waals surface area contributed by atoms with Gasteiger partial charge in [-0.25, -0.2) is 9.97 Å². The molecule has 0 aliphatic carbocycles. The number of hydrogen-bond acceptors (Lipinski definition) is 3. The SMILES string of the molecule is c1ccc(-c2cc(-c3ccccc3)cc(-c3cccc(-c4cccc(-c5nc(-c6cccc7c6oc6ccccc67)c6c(n5)c5ccccc5n6-c5ccccc5)c4)c3)c2)cc1. The molecule has 0 amide bonds. The quantitative estimate of drug-likeness (QED) is 0.161. The molecule has 0 fully saturated rings. The molecule has 0 saturated heterocycles. The predicted octanol–water partition coefficient (Wildman–Crippen LogP) is 15.5. The van der Waals surface area contributed by atoms with Gasteiger partial charge in [0.25, 0.3) is 0 Å². The second-order valence-electron chi connectivity index (χ2n) is 15.8. The number of aromatic nitrogens is 3. The summed E-state index contributed by atoms with van der Waals surface area (Å²) in [6.45, 7) is 0. The minimum Gasteiger partial charge on any atom is -0.455 e. The van der Waals surface area contributed by atoms with E-state index in [1.165, 1.54) is 22.3 Å². The zero-order valence-corrected chi connectivity index (χ0v) is 33.6. The van der Waals surface area contributed by atoms with E-state index in [1.54, 1.807) is 0 Å². The Labute approximate surface area is 358 Å². The van der Waals surface area contributed by atoms with Crippen molar-refractivity contribution in [3.05, 3.63) is 224 Å². The summed E-state index contributed by atoms with van der Waals surface area (Å²) in [5, 5.41) is 3.20. The zero-order valence-electron chi connectivity index (χ0n) is 33.6. The van der Waals surface area contributed by atoms with E-state index in [0.717, 1.165) is 88.6 Å². The van der Waals surface area contributed by atoms with E-state index in [0.29, 0.717) is 5.82 Å². The Balaban J connectivity index is 1.04. The molecule has 0 atom stereocenters. The Bertz CT molecular complexity index is 3570. The molecular formula is C58H37N3O. The lowest BCUT2D eigenvalue weighted by Crippen LogP contribution is -2.00. The Hall–Kier alpha value is -8.34. The summed E-state index contributed by atoms with van der Waals surface area (Å²) in [6.07, 6.45) is 0. The van der Waals surface area contributed by atoms with Crippen molar-refractivity contribution >= 4 is 43.9 Å². The standard InChI is InChI=1S/C58H37N3O/c1-4-17-38(18-5-1)44-35-45(39-19-6-2-7-20-39)37-46(36-44)42-23-14-21-40(33-42)41-22-15-24-43(34-41)58-59-54-50-28-10-12-31-52(50)61(47-25-8-3-9-26-47)56(54)55(60-58)51-30-16-29-49-48-27-11-13-32-53(48)62-57(49)51/h1-37H. The Kier molecular flexibility index (Phi) is 8.46. The Morgan fingerprint density at radius 1 is 0.355 bits per heavy atom. The molecule has 4 nitrogen and oxygen atoms in total. The van der Waals surface area contributed by atoms with Crippen LogP contribution in [-0.4, -0.2) is 14.5 Å². The highest BCUT2D eigenvalue weighted by molar-refractivity contribution is 6.15. The van der Waals surface area contributed by atoms with Crippen molar-refractivity contribution < 1.29 is 4.42 Å². The molecule has 3 heterocycles. The first-order valence-electron chi connectivity index (χ1n) is 21.0. The van der Waals surface area contributed by atoms with Crippen molar-refractivity contribution in [1.82, 2.24) is 14.5 Å². The summed E-state index contributed by atoms with van der Waals surface area (Å²) in [7, 11) is 0. The van der Waals surface area contributed by atoms with Gasteiger partial charge < -0.3 is 8.98 Å². The van der Waals surface area contributed by atoms with Gasteiger partial charge in [-0.3, -0.25) is 0 Å². The fourth-order valence-electron chi connectivity index (χ4n) is 9.04. The fraction of sp³-hybridized carbons (Fsp3) is 0. The molecule has 290 valence electrons. The number of nitrogens with zero attached hydrogens (tertiary/aromatic N) is 3. The number of rotatable bonds is 7. The van der Waals surface area contributed by atoms with E-state index in [4.69, 9.17) is 14.4 Å². The lowest BCUT2D eigenvalue weighted by molar-refractivity contribution is 0.670. The molecule has 0 bridgehead atoms. The van der Waals surface area contributed by atoms with Gasteiger partial charge in [0, 0.05) is 33.0 Å². The van der Waals surface area contributed by atoms with E-state index in [9.17, 15) is 0 Å². The summed E-state index contributed by atoms with van der Waals surface area (Å²) < 4.78 is 8.97. The third-order valence-corrected chi connectivity index (χ3v) is 12.0. The minimum absolute atomic E-state index is 0.651. The third-order valence-electron chi connectivity index (χ3n) is 12.0. The highest BCUT2D eigenvalue weighted by Crippen LogP contribution is 2.42. The first-order chi connectivity index (χ1) is 30.7. The molecule has 4 heteroatoms. The van der Waals surface area contributed by atoms with Crippen molar-refractivity contribution in [1.29, 1.82) is 0 Å². The molecule has 0 unspecified atom stereocenters. The van der Waals surface area contributed by atoms with Crippen molar-refractivity contribution in [2.75, 3.05) is 0 Å². The van der Waals surface area contributed by atoms with Crippen molar-refractivity contribution in [3.63, 3.8) is 0 Å². The largest absolute Gasteiger partial charge is 0.455 e. The first-order valence-corrected chi connectivity index (χ1v) is 21.0. The lowest BCUT2D eigenvalue weighted by Gasteiger charge is -2.13. The smallest absolute Gasteiger partial charge is 0.160 e. The van der Waals surface area contributed by atoms with Gasteiger partial charge in [-0.15, -0.1) is 0 Å². The maximum absolute atomic E-state index is 6.67. The average molecular weight is 792 g/mol. The molecule has 0 aliphatic heterocycles. The molecule has 0 saturated carbocycles. The fourth-order valence-corrected chi connectivity index (χ4v) is 9.04. The Morgan fingerprint density at radius 3 is 1.53 bits per heavy atom. The molecule has 0 radical (unpaired) electrons. The van der Waals surface area contributed by atoms with Gasteiger partial charge in [0.15, 0.2) is 5.82 Å². The van der Waals surface area contributed by atoms with E-state index in [2.05, 4.69) is 217 Å². The predicted molar refractivity (Wildman–Crippen MR) is 256 cm³/mol. The second-order valence-corrected chi connectivity index (χ2v) is 15.8. The molecule has 0 N–H and O–H groups in total. The maximum Gasteiger partial charge on any atom is 0.160 e. The van der Waals surface area contributed by atoms with Gasteiger partial charge in [0.1, 0.15) is 22.4 Å². The van der Waals surface area contributed by atoms with Crippen LogP contribution in [0.3, 0.4) is 0 Å². The highest BCUT2D eigenvalue weighted by Gasteiger charge is 2.24. The summed E-state index contributed by atoms with van der Waals surface area (Å²) in [5.74, 6) is 0.651. The molecule has 62 heavy (non-hydrogen) atoms. The highest BCUT2D eigenvalue weighted by atomic mass is 16.3. The van der Waals surface area contributed by atoms with Crippen LogP contribution in [0.2, 0.25) is 0 Å². The second kappa shape index (κ2) is 14.7. The number of benzene rings is 9. The normalized spacial score (nSPS) is 11.5. The van der Waals surface area contributed by atoms with Crippen molar-refractivity contribution in [2.45, 2.75) is 0 Å². The zero-order chi connectivity index (χ0) is 41.0. The van der Waals surface area contributed by atoms with Crippen LogP contribution >= 0.6 is 0 Å². The van der Waals surface area contributed by atoms with Crippen LogP contribution in [0.4, 0.5) is 0 Å². The van der Waals surface area contributed by atoms with Gasteiger partial charge in [-0.2, -0.15) is 0 Å². The van der Waals surface area contributed by atoms with Gasteiger partial charge >= 0.3 is 0 Å². The third kappa shape index (κ3) is 6.08. The molecule has 12 aromatic rings. The van der Waals surface area contributed by atoms with Gasteiger partial charge in [-0.1, -0.05) is 164 Å². The Morgan fingerprint density at radius 2 is 0.839 bits per heavy atom. The van der Waals surface area contributed by atoms with Gasteiger partial charge in [0.2, 0.25) is 0 Å². The van der Waals surface area contributed by atoms with Crippen LogP contribution in [0.15, 0.2) is 229 Å². The van der Waals surface area contributed by atoms with Gasteiger partial charge in [-0.05, 0) is 105 Å². The number of furan rings is 1. The van der Waals surface area contributed by atoms with E-state index in [1.807, 2.05) is 12.1 Å². The average Bonchev–Trinajstić information content (AvgIpc) is 3.91. The molecule has 3 aromatic heterocycles. The first kappa shape index (κ1) is 35.6. The molecule has 12 rings (SSSR count). The summed E-state index contributed by atoms with van der Waals surface area (Å²) in [4.78, 5) is 11.0. The monoisotopic (exact) mass is 791 g/mol. The van der Waals surface area contributed by atoms with E-state index in [-0.39, 0.29) is 0 Å². The lowest BCUT2D eigenvalue weighted by atomic mass is 9.92. The molecule has 9 aromatic carbocycles. The van der Waals surface area contributed by atoms with Crippen LogP contribution in [-0.2, 0) is 0 Å². The van der Waals surface area contributed by atoms with Crippen LogP contribution < -0.4 is 0 Å². The summed E-state index contributed by atoms with van der Waals surface area (Å²) in [6, 6.07) is 79.2. The topological polar surface area (TPSA) is 43.9 Å². The summed E-state index contributed by atoms with van der Waals surface area (Å²) >= 11 is 0. The molecule has 0 spiro atoms. The maximum atomic E-state index is 6.67. The van der Waals surface area contributed by atoms with E-state index >= 15 is 0 Å². The number of fused-ring (bicyclic) bond motifs is 6. The molecule has 0 aliphatic rings. The van der Waals surface area contributed by atoms with Crippen LogP contribution in [0, 0.1) is 0 Å². The van der Waals surface area contributed by atoms with Crippen LogP contribution in [0.1, 0.15) is 0 Å². The van der Waals surface area contributed by atoms with Crippen molar-refractivity contribution in [2.24, 2.45) is 0 Å². The number of hydrogen-bond donors (Lipinski definition) is 0. The minimum atomic E-state index is 0.651. The van der Waals surface area contributed by atoms with E-state index < -0.39 is 0 Å². The van der Waals surface area contributed by atoms with Gasteiger partial charge in [0.05, 0.1) is 11.0 Å². The van der Waals surface area contributed by atoms with Crippen LogP contribution in [0.25, 0.3) is 117 Å². The van der Waals surface area contributed by atoms with Crippen LogP contribution in [0.5, 0.6) is 0 Å². The summed E-state index contributed by atoms with van der Waals surface area (Å²) in [5.41, 5.74) is 17.5. The number of para-hydroxylation sites is 4.